The lowest BCUT2D eigenvalue weighted by Crippen LogP contribution is -2.09. The molecule has 0 saturated heterocycles. The zero-order chi connectivity index (χ0) is 9.97. The van der Waals surface area contributed by atoms with Crippen LogP contribution in [0.1, 0.15) is 17.6 Å². The van der Waals surface area contributed by atoms with Gasteiger partial charge in [-0.2, -0.15) is 5.10 Å². The minimum absolute atomic E-state index is 0.490. The molecule has 0 spiro atoms. The molecule has 0 aliphatic heterocycles. The Kier molecular flexibility index (Phi) is 2.24. The third kappa shape index (κ3) is 1.49. The van der Waals surface area contributed by atoms with Crippen LogP contribution < -0.4 is 0 Å². The quantitative estimate of drug-likeness (QED) is 0.739. The first-order chi connectivity index (χ1) is 6.79. The molecule has 5 heteroatoms. The summed E-state index contributed by atoms with van der Waals surface area (Å²) in [6.07, 6.45) is 2.22. The molecule has 0 aromatic carbocycles. The minimum atomic E-state index is -0.816. The summed E-state index contributed by atoms with van der Waals surface area (Å²) >= 11 is 0. The Labute approximate surface area is 81.1 Å². The maximum atomic E-state index is 9.88. The third-order valence-corrected chi connectivity index (χ3v) is 1.96. The number of aryl methyl sites for hydroxylation is 1. The van der Waals surface area contributed by atoms with Crippen molar-refractivity contribution in [3.05, 3.63) is 42.2 Å². The standard InChI is InChI=1S/C9H10N4O/c1-13-9(11-6-12-13)8(14)7-4-2-3-5-10-7/h2-6,8,14H,1H3. The third-order valence-electron chi connectivity index (χ3n) is 1.96. The number of nitrogens with zero attached hydrogens (tertiary/aromatic N) is 4. The van der Waals surface area contributed by atoms with E-state index in [2.05, 4.69) is 15.1 Å². The number of aliphatic hydroxyl groups is 1. The van der Waals surface area contributed by atoms with E-state index in [0.717, 1.165) is 0 Å². The molecule has 72 valence electrons. The minimum Gasteiger partial charge on any atom is -0.379 e. The Hall–Kier alpha value is -1.75. The number of hydrogen-bond donors (Lipinski definition) is 1. The van der Waals surface area contributed by atoms with Gasteiger partial charge in [-0.1, -0.05) is 6.07 Å². The van der Waals surface area contributed by atoms with Crippen molar-refractivity contribution in [2.24, 2.45) is 7.05 Å². The average Bonchev–Trinajstić information content (AvgIpc) is 2.65. The second kappa shape index (κ2) is 3.55. The number of pyridine rings is 1. The van der Waals surface area contributed by atoms with E-state index >= 15 is 0 Å². The molecule has 0 saturated carbocycles. The van der Waals surface area contributed by atoms with Gasteiger partial charge in [-0.3, -0.25) is 9.67 Å². The molecule has 5 nitrogen and oxygen atoms in total. The van der Waals surface area contributed by atoms with Crippen LogP contribution >= 0.6 is 0 Å². The van der Waals surface area contributed by atoms with Gasteiger partial charge in [0.2, 0.25) is 0 Å². The molecule has 2 rings (SSSR count). The molecule has 0 fully saturated rings. The van der Waals surface area contributed by atoms with Gasteiger partial charge in [-0.25, -0.2) is 4.98 Å². The average molecular weight is 190 g/mol. The fraction of sp³-hybridized carbons (Fsp3) is 0.222. The summed E-state index contributed by atoms with van der Waals surface area (Å²) < 4.78 is 1.53. The Morgan fingerprint density at radius 2 is 2.21 bits per heavy atom. The van der Waals surface area contributed by atoms with E-state index in [1.54, 1.807) is 25.4 Å². The second-order valence-electron chi connectivity index (χ2n) is 2.90. The first-order valence-electron chi connectivity index (χ1n) is 4.22. The number of aromatic nitrogens is 4. The highest BCUT2D eigenvalue weighted by molar-refractivity contribution is 5.13. The largest absolute Gasteiger partial charge is 0.379 e. The molecule has 1 N–H and O–H groups in total. The molecule has 0 radical (unpaired) electrons. The fourth-order valence-corrected chi connectivity index (χ4v) is 1.22. The molecule has 2 aromatic heterocycles. The Balaban J connectivity index is 2.34. The predicted octanol–water partition coefficient (Wildman–Crippen LogP) is 0.292. The van der Waals surface area contributed by atoms with Crippen molar-refractivity contribution in [2.45, 2.75) is 6.10 Å². The van der Waals surface area contributed by atoms with Gasteiger partial charge in [0.15, 0.2) is 11.9 Å². The highest BCUT2D eigenvalue weighted by atomic mass is 16.3. The number of aliphatic hydroxyl groups excluding tert-OH is 1. The van der Waals surface area contributed by atoms with Gasteiger partial charge in [-0.15, -0.1) is 0 Å². The van der Waals surface area contributed by atoms with Crippen molar-refractivity contribution in [2.75, 3.05) is 0 Å². The summed E-state index contributed by atoms with van der Waals surface area (Å²) in [7, 11) is 1.73. The van der Waals surface area contributed by atoms with Crippen LogP contribution in [0.25, 0.3) is 0 Å². The van der Waals surface area contributed by atoms with Crippen molar-refractivity contribution < 1.29 is 5.11 Å². The van der Waals surface area contributed by atoms with Crippen LogP contribution in [0, 0.1) is 0 Å². The molecule has 2 aromatic rings. The van der Waals surface area contributed by atoms with Gasteiger partial charge in [0.1, 0.15) is 6.33 Å². The van der Waals surface area contributed by atoms with Crippen molar-refractivity contribution in [3.8, 4) is 0 Å². The van der Waals surface area contributed by atoms with Gasteiger partial charge in [-0.05, 0) is 12.1 Å². The molecular weight excluding hydrogens is 180 g/mol. The highest BCUT2D eigenvalue weighted by Gasteiger charge is 2.15. The van der Waals surface area contributed by atoms with E-state index in [9.17, 15) is 5.11 Å². The molecule has 0 amide bonds. The lowest BCUT2D eigenvalue weighted by atomic mass is 10.2. The van der Waals surface area contributed by atoms with Crippen LogP contribution in [-0.4, -0.2) is 24.9 Å². The first kappa shape index (κ1) is 8.83. The van der Waals surface area contributed by atoms with Gasteiger partial charge in [0.05, 0.1) is 5.69 Å². The van der Waals surface area contributed by atoms with E-state index < -0.39 is 6.10 Å². The summed E-state index contributed by atoms with van der Waals surface area (Å²) in [6.45, 7) is 0. The Morgan fingerprint density at radius 1 is 1.36 bits per heavy atom. The maximum Gasteiger partial charge on any atom is 0.161 e. The molecule has 0 aliphatic carbocycles. The molecular formula is C9H10N4O. The fourth-order valence-electron chi connectivity index (χ4n) is 1.22. The zero-order valence-electron chi connectivity index (χ0n) is 7.70. The summed E-state index contributed by atoms with van der Waals surface area (Å²) in [5.74, 6) is 0.490. The molecule has 0 aliphatic rings. The van der Waals surface area contributed by atoms with Crippen LogP contribution in [0.4, 0.5) is 0 Å². The van der Waals surface area contributed by atoms with Gasteiger partial charge >= 0.3 is 0 Å². The topological polar surface area (TPSA) is 63.8 Å². The lowest BCUT2D eigenvalue weighted by molar-refractivity contribution is 0.200. The normalized spacial score (nSPS) is 12.7. The van der Waals surface area contributed by atoms with E-state index in [1.807, 2.05) is 6.07 Å². The molecule has 1 atom stereocenters. The molecule has 0 bridgehead atoms. The van der Waals surface area contributed by atoms with Crippen LogP contribution in [0.2, 0.25) is 0 Å². The second-order valence-corrected chi connectivity index (χ2v) is 2.90. The van der Waals surface area contributed by atoms with E-state index in [1.165, 1.54) is 11.0 Å². The van der Waals surface area contributed by atoms with Crippen molar-refractivity contribution in [3.63, 3.8) is 0 Å². The van der Waals surface area contributed by atoms with E-state index in [4.69, 9.17) is 0 Å². The Bertz CT molecular complexity index is 412. The summed E-state index contributed by atoms with van der Waals surface area (Å²) in [6, 6.07) is 5.37. The molecule has 2 heterocycles. The van der Waals surface area contributed by atoms with Crippen molar-refractivity contribution >= 4 is 0 Å². The molecule has 1 unspecified atom stereocenters. The smallest absolute Gasteiger partial charge is 0.161 e. The maximum absolute atomic E-state index is 9.88. The Morgan fingerprint density at radius 3 is 2.79 bits per heavy atom. The van der Waals surface area contributed by atoms with Crippen molar-refractivity contribution in [1.82, 2.24) is 19.7 Å². The van der Waals surface area contributed by atoms with Crippen LogP contribution in [-0.2, 0) is 7.05 Å². The SMILES string of the molecule is Cn1ncnc1C(O)c1ccccn1. The van der Waals surface area contributed by atoms with Crippen molar-refractivity contribution in [1.29, 1.82) is 0 Å². The van der Waals surface area contributed by atoms with Gasteiger partial charge in [0, 0.05) is 13.2 Å². The zero-order valence-corrected chi connectivity index (χ0v) is 7.70. The first-order valence-corrected chi connectivity index (χ1v) is 4.22. The van der Waals surface area contributed by atoms with Crippen LogP contribution in [0.5, 0.6) is 0 Å². The lowest BCUT2D eigenvalue weighted by Gasteiger charge is -2.07. The number of hydrogen-bond acceptors (Lipinski definition) is 4. The van der Waals surface area contributed by atoms with Gasteiger partial charge < -0.3 is 5.11 Å². The van der Waals surface area contributed by atoms with Crippen LogP contribution in [0.15, 0.2) is 30.7 Å². The summed E-state index contributed by atoms with van der Waals surface area (Å²) in [5.41, 5.74) is 0.573. The predicted molar refractivity (Wildman–Crippen MR) is 49.3 cm³/mol. The van der Waals surface area contributed by atoms with Crippen LogP contribution in [0.3, 0.4) is 0 Å². The molecule has 14 heavy (non-hydrogen) atoms. The highest BCUT2D eigenvalue weighted by Crippen LogP contribution is 2.15. The summed E-state index contributed by atoms with van der Waals surface area (Å²) in [4.78, 5) is 8.00. The summed E-state index contributed by atoms with van der Waals surface area (Å²) in [5, 5.41) is 13.8. The van der Waals surface area contributed by atoms with E-state index in [0.29, 0.717) is 11.5 Å². The van der Waals surface area contributed by atoms with Gasteiger partial charge in [0.25, 0.3) is 0 Å². The monoisotopic (exact) mass is 190 g/mol. The van der Waals surface area contributed by atoms with E-state index in [-0.39, 0.29) is 0 Å². The number of rotatable bonds is 2.